The molecule has 0 radical (unpaired) electrons. The maximum atomic E-state index is 12.8. The summed E-state index contributed by atoms with van der Waals surface area (Å²) in [6.45, 7) is 4.49. The third kappa shape index (κ3) is 5.81. The number of hydrogen-bond acceptors (Lipinski definition) is 4. The summed E-state index contributed by atoms with van der Waals surface area (Å²) in [6, 6.07) is 1.74. The standard InChI is InChI=1S/C20H33N3O2S/c1-14(2)18(22-19(24)15-8-6-5-7-9-15)20(25)21-12-17(23(3)4)16-10-11-26-13-16/h10-11,13-15,17-18H,5-9,12H2,1-4H3,(H,21,25)(H,22,24)/t17-,18+/m1/s1. The number of likely N-dealkylation sites (N-methyl/N-ethyl adjacent to an activating group) is 1. The van der Waals surface area contributed by atoms with Gasteiger partial charge in [0, 0.05) is 12.5 Å². The summed E-state index contributed by atoms with van der Waals surface area (Å²) in [5.41, 5.74) is 1.20. The van der Waals surface area contributed by atoms with E-state index in [4.69, 9.17) is 0 Å². The SMILES string of the molecule is CC(C)[C@H](NC(=O)C1CCCCC1)C(=O)NC[C@H](c1ccsc1)N(C)C. The van der Waals surface area contributed by atoms with Crippen LogP contribution in [0, 0.1) is 11.8 Å². The molecule has 2 rings (SSSR count). The number of carbonyl (C=O) groups is 2. The summed E-state index contributed by atoms with van der Waals surface area (Å²) in [4.78, 5) is 27.4. The first-order valence-electron chi connectivity index (χ1n) is 9.66. The Labute approximate surface area is 161 Å². The molecule has 1 heterocycles. The van der Waals surface area contributed by atoms with E-state index in [1.165, 1.54) is 12.0 Å². The minimum atomic E-state index is -0.477. The van der Waals surface area contributed by atoms with Crippen LogP contribution in [0.25, 0.3) is 0 Å². The Morgan fingerprint density at radius 2 is 1.92 bits per heavy atom. The van der Waals surface area contributed by atoms with E-state index in [2.05, 4.69) is 32.4 Å². The molecule has 0 aliphatic heterocycles. The molecule has 26 heavy (non-hydrogen) atoms. The average molecular weight is 380 g/mol. The van der Waals surface area contributed by atoms with Crippen molar-refractivity contribution in [2.24, 2.45) is 11.8 Å². The second kappa shape index (κ2) is 10.1. The largest absolute Gasteiger partial charge is 0.352 e. The predicted molar refractivity (Wildman–Crippen MR) is 107 cm³/mol. The molecule has 5 nitrogen and oxygen atoms in total. The Kier molecular flexibility index (Phi) is 8.10. The predicted octanol–water partition coefficient (Wildman–Crippen LogP) is 3.19. The van der Waals surface area contributed by atoms with Crippen molar-refractivity contribution >= 4 is 23.2 Å². The van der Waals surface area contributed by atoms with E-state index in [1.807, 2.05) is 27.9 Å². The van der Waals surface area contributed by atoms with Crippen LogP contribution in [0.4, 0.5) is 0 Å². The number of nitrogens with one attached hydrogen (secondary N) is 2. The van der Waals surface area contributed by atoms with E-state index in [1.54, 1.807) is 11.3 Å². The number of carbonyl (C=O) groups excluding carboxylic acids is 2. The van der Waals surface area contributed by atoms with Crippen LogP contribution < -0.4 is 10.6 Å². The van der Waals surface area contributed by atoms with Crippen molar-refractivity contribution in [3.63, 3.8) is 0 Å². The number of rotatable bonds is 8. The smallest absolute Gasteiger partial charge is 0.242 e. The molecule has 0 unspecified atom stereocenters. The molecule has 2 atom stereocenters. The molecule has 1 aliphatic rings. The zero-order chi connectivity index (χ0) is 19.1. The molecular weight excluding hydrogens is 346 g/mol. The van der Waals surface area contributed by atoms with Gasteiger partial charge >= 0.3 is 0 Å². The van der Waals surface area contributed by atoms with E-state index in [9.17, 15) is 9.59 Å². The Balaban J connectivity index is 1.93. The third-order valence-electron chi connectivity index (χ3n) is 5.24. The van der Waals surface area contributed by atoms with Crippen molar-refractivity contribution in [2.45, 2.75) is 58.0 Å². The Hall–Kier alpha value is -1.40. The highest BCUT2D eigenvalue weighted by atomic mass is 32.1. The van der Waals surface area contributed by atoms with E-state index < -0.39 is 6.04 Å². The highest BCUT2D eigenvalue weighted by Gasteiger charge is 2.29. The van der Waals surface area contributed by atoms with Crippen molar-refractivity contribution in [1.82, 2.24) is 15.5 Å². The monoisotopic (exact) mass is 379 g/mol. The molecular formula is C20H33N3O2S. The maximum absolute atomic E-state index is 12.8. The van der Waals surface area contributed by atoms with Crippen LogP contribution >= 0.6 is 11.3 Å². The molecule has 146 valence electrons. The third-order valence-corrected chi connectivity index (χ3v) is 5.95. The van der Waals surface area contributed by atoms with Crippen molar-refractivity contribution in [3.05, 3.63) is 22.4 Å². The first-order valence-corrected chi connectivity index (χ1v) is 10.6. The van der Waals surface area contributed by atoms with Gasteiger partial charge in [-0.15, -0.1) is 0 Å². The van der Waals surface area contributed by atoms with Gasteiger partial charge in [0.15, 0.2) is 0 Å². The van der Waals surface area contributed by atoms with Crippen molar-refractivity contribution in [1.29, 1.82) is 0 Å². The lowest BCUT2D eigenvalue weighted by molar-refractivity contribution is -0.132. The highest BCUT2D eigenvalue weighted by molar-refractivity contribution is 7.07. The molecule has 6 heteroatoms. The minimum Gasteiger partial charge on any atom is -0.352 e. The summed E-state index contributed by atoms with van der Waals surface area (Å²) in [7, 11) is 4.03. The molecule has 0 bridgehead atoms. The first-order chi connectivity index (χ1) is 12.4. The van der Waals surface area contributed by atoms with Crippen molar-refractivity contribution < 1.29 is 9.59 Å². The minimum absolute atomic E-state index is 0.0422. The van der Waals surface area contributed by atoms with E-state index in [0.717, 1.165) is 25.7 Å². The van der Waals surface area contributed by atoms with Gasteiger partial charge in [0.25, 0.3) is 0 Å². The van der Waals surface area contributed by atoms with Gasteiger partial charge in [0.05, 0.1) is 6.04 Å². The van der Waals surface area contributed by atoms with Crippen LogP contribution in [0.5, 0.6) is 0 Å². The van der Waals surface area contributed by atoms with Crippen LogP contribution in [0.3, 0.4) is 0 Å². The van der Waals surface area contributed by atoms with Gasteiger partial charge in [-0.2, -0.15) is 11.3 Å². The van der Waals surface area contributed by atoms with E-state index in [0.29, 0.717) is 6.54 Å². The zero-order valence-electron chi connectivity index (χ0n) is 16.5. The van der Waals surface area contributed by atoms with Gasteiger partial charge in [-0.05, 0) is 55.2 Å². The average Bonchev–Trinajstić information content (AvgIpc) is 3.13. The summed E-state index contributed by atoms with van der Waals surface area (Å²) in [6.07, 6.45) is 5.33. The van der Waals surface area contributed by atoms with Gasteiger partial charge in [0.2, 0.25) is 11.8 Å². The van der Waals surface area contributed by atoms with Gasteiger partial charge in [-0.25, -0.2) is 0 Å². The molecule has 0 aromatic carbocycles. The number of nitrogens with zero attached hydrogens (tertiary/aromatic N) is 1. The topological polar surface area (TPSA) is 61.4 Å². The normalized spacial score (nSPS) is 17.9. The second-order valence-electron chi connectivity index (χ2n) is 7.85. The van der Waals surface area contributed by atoms with E-state index in [-0.39, 0.29) is 29.7 Å². The van der Waals surface area contributed by atoms with Crippen molar-refractivity contribution in [3.8, 4) is 0 Å². The molecule has 1 aromatic heterocycles. The Morgan fingerprint density at radius 1 is 1.23 bits per heavy atom. The molecule has 0 spiro atoms. The number of amides is 2. The zero-order valence-corrected chi connectivity index (χ0v) is 17.3. The van der Waals surface area contributed by atoms with Crippen LogP contribution in [0.2, 0.25) is 0 Å². The second-order valence-corrected chi connectivity index (χ2v) is 8.63. The van der Waals surface area contributed by atoms with Crippen LogP contribution in [0.1, 0.15) is 57.6 Å². The number of hydrogen-bond donors (Lipinski definition) is 2. The van der Waals surface area contributed by atoms with Crippen LogP contribution in [-0.2, 0) is 9.59 Å². The van der Waals surface area contributed by atoms with Gasteiger partial charge in [-0.3, -0.25) is 9.59 Å². The Morgan fingerprint density at radius 3 is 2.46 bits per heavy atom. The molecule has 2 amide bonds. The quantitative estimate of drug-likeness (QED) is 0.729. The summed E-state index contributed by atoms with van der Waals surface area (Å²) in [5.74, 6) is 0.0754. The lowest BCUT2D eigenvalue weighted by Gasteiger charge is -2.28. The first kappa shape index (κ1) is 20.9. The van der Waals surface area contributed by atoms with E-state index >= 15 is 0 Å². The molecule has 1 aliphatic carbocycles. The fourth-order valence-electron chi connectivity index (χ4n) is 3.54. The summed E-state index contributed by atoms with van der Waals surface area (Å²) < 4.78 is 0. The fourth-order valence-corrected chi connectivity index (χ4v) is 4.25. The lowest BCUT2D eigenvalue weighted by Crippen LogP contribution is -2.52. The van der Waals surface area contributed by atoms with Crippen LogP contribution in [-0.4, -0.2) is 43.4 Å². The highest BCUT2D eigenvalue weighted by Crippen LogP contribution is 2.24. The van der Waals surface area contributed by atoms with Gasteiger partial charge < -0.3 is 15.5 Å². The maximum Gasteiger partial charge on any atom is 0.242 e. The van der Waals surface area contributed by atoms with Gasteiger partial charge in [-0.1, -0.05) is 33.1 Å². The number of thiophene rings is 1. The molecule has 1 aromatic rings. The Bertz CT molecular complexity index is 566. The lowest BCUT2D eigenvalue weighted by atomic mass is 9.88. The summed E-state index contributed by atoms with van der Waals surface area (Å²) in [5, 5.41) is 10.2. The molecule has 0 saturated heterocycles. The summed E-state index contributed by atoms with van der Waals surface area (Å²) >= 11 is 1.66. The van der Waals surface area contributed by atoms with Crippen LogP contribution in [0.15, 0.2) is 16.8 Å². The molecule has 2 N–H and O–H groups in total. The van der Waals surface area contributed by atoms with Gasteiger partial charge in [0.1, 0.15) is 6.04 Å². The fraction of sp³-hybridized carbons (Fsp3) is 0.700. The molecule has 1 saturated carbocycles. The van der Waals surface area contributed by atoms with Crippen molar-refractivity contribution in [2.75, 3.05) is 20.6 Å². The molecule has 1 fully saturated rings.